The van der Waals surface area contributed by atoms with Gasteiger partial charge in [-0.25, -0.2) is 13.4 Å². The van der Waals surface area contributed by atoms with E-state index in [1.54, 1.807) is 12.1 Å². The van der Waals surface area contributed by atoms with Crippen molar-refractivity contribution in [1.82, 2.24) is 10.3 Å². The van der Waals surface area contributed by atoms with Gasteiger partial charge in [0.2, 0.25) is 5.91 Å². The number of nitrogens with zero attached hydrogens (tertiary/aromatic N) is 2. The lowest BCUT2D eigenvalue weighted by Gasteiger charge is -2.17. The summed E-state index contributed by atoms with van der Waals surface area (Å²) in [6.07, 6.45) is 0.167. The number of hydrogen-bond donors (Lipinski definition) is 1. The molecule has 0 spiro atoms. The second-order valence-electron chi connectivity index (χ2n) is 7.31. The van der Waals surface area contributed by atoms with Crippen LogP contribution in [0.1, 0.15) is 16.3 Å². The highest BCUT2D eigenvalue weighted by molar-refractivity contribution is 7.93. The second-order valence-corrected chi connectivity index (χ2v) is 10.1. The molecule has 0 unspecified atom stereocenters. The normalized spacial score (nSPS) is 14.1. The summed E-state index contributed by atoms with van der Waals surface area (Å²) < 4.78 is 27.6. The molecule has 2 heterocycles. The highest BCUT2D eigenvalue weighted by Crippen LogP contribution is 2.42. The third-order valence-electron chi connectivity index (χ3n) is 5.23. The average Bonchev–Trinajstić information content (AvgIpc) is 3.30. The van der Waals surface area contributed by atoms with Gasteiger partial charge in [0.1, 0.15) is 5.01 Å². The maximum Gasteiger partial charge on any atom is 0.265 e. The molecule has 0 fully saturated rings. The minimum atomic E-state index is -3.63. The third kappa shape index (κ3) is 3.68. The molecule has 1 amide bonds. The number of carbonyl (C=O) groups is 1. The maximum atomic E-state index is 13.1. The summed E-state index contributed by atoms with van der Waals surface area (Å²) in [5.41, 5.74) is 2.33. The molecular formula is C23H19N3O3S2. The van der Waals surface area contributed by atoms with E-state index in [1.165, 1.54) is 15.6 Å². The summed E-state index contributed by atoms with van der Waals surface area (Å²) in [6.45, 7) is 0.602. The van der Waals surface area contributed by atoms with Gasteiger partial charge in [0.15, 0.2) is 0 Å². The van der Waals surface area contributed by atoms with Crippen molar-refractivity contribution >= 4 is 43.7 Å². The zero-order chi connectivity index (χ0) is 21.4. The zero-order valence-corrected chi connectivity index (χ0v) is 18.1. The molecule has 0 saturated carbocycles. The van der Waals surface area contributed by atoms with Crippen molar-refractivity contribution in [2.24, 2.45) is 0 Å². The Labute approximate surface area is 184 Å². The van der Waals surface area contributed by atoms with Crippen LogP contribution in [0.3, 0.4) is 0 Å². The first-order valence-electron chi connectivity index (χ1n) is 9.81. The van der Waals surface area contributed by atoms with Crippen LogP contribution in [0.5, 0.6) is 0 Å². The second kappa shape index (κ2) is 7.79. The van der Waals surface area contributed by atoms with Crippen molar-refractivity contribution in [3.8, 4) is 0 Å². The molecule has 8 heteroatoms. The number of thiazole rings is 1. The molecule has 156 valence electrons. The van der Waals surface area contributed by atoms with E-state index < -0.39 is 10.0 Å². The predicted octanol–water partition coefficient (Wildman–Crippen LogP) is 3.86. The number of anilines is 1. The van der Waals surface area contributed by atoms with E-state index in [4.69, 9.17) is 0 Å². The van der Waals surface area contributed by atoms with E-state index >= 15 is 0 Å². The zero-order valence-electron chi connectivity index (χ0n) is 16.5. The highest BCUT2D eigenvalue weighted by Gasteiger charge is 2.35. The lowest BCUT2D eigenvalue weighted by Crippen LogP contribution is -2.27. The van der Waals surface area contributed by atoms with Crippen LogP contribution in [-0.2, 0) is 34.3 Å². The molecule has 0 atom stereocenters. The Hall–Kier alpha value is -3.23. The molecule has 31 heavy (non-hydrogen) atoms. The van der Waals surface area contributed by atoms with Gasteiger partial charge in [0.25, 0.3) is 10.0 Å². The SMILES string of the molecule is O=C(Cc1nc(CN2c3cccc4cccc(c34)S2(=O)=O)cs1)NCc1ccccc1. The number of aromatic nitrogens is 1. The summed E-state index contributed by atoms with van der Waals surface area (Å²) in [6, 6.07) is 20.6. The maximum absolute atomic E-state index is 13.1. The lowest BCUT2D eigenvalue weighted by molar-refractivity contribution is -0.120. The number of rotatable bonds is 6. The summed E-state index contributed by atoms with van der Waals surface area (Å²) >= 11 is 1.37. The number of nitrogens with one attached hydrogen (secondary N) is 1. The van der Waals surface area contributed by atoms with Gasteiger partial charge in [0, 0.05) is 17.3 Å². The van der Waals surface area contributed by atoms with Crippen LogP contribution in [0.4, 0.5) is 5.69 Å². The lowest BCUT2D eigenvalue weighted by atomic mass is 10.1. The van der Waals surface area contributed by atoms with E-state index in [0.29, 0.717) is 27.8 Å². The van der Waals surface area contributed by atoms with E-state index in [2.05, 4.69) is 10.3 Å². The predicted molar refractivity (Wildman–Crippen MR) is 121 cm³/mol. The van der Waals surface area contributed by atoms with Crippen LogP contribution in [0.2, 0.25) is 0 Å². The van der Waals surface area contributed by atoms with Crippen molar-refractivity contribution in [2.75, 3.05) is 4.31 Å². The molecule has 6 nitrogen and oxygen atoms in total. The molecule has 0 aliphatic carbocycles. The van der Waals surface area contributed by atoms with Gasteiger partial charge >= 0.3 is 0 Å². The Morgan fingerprint density at radius 3 is 2.58 bits per heavy atom. The molecular weight excluding hydrogens is 430 g/mol. The van der Waals surface area contributed by atoms with E-state index in [9.17, 15) is 13.2 Å². The fraction of sp³-hybridized carbons (Fsp3) is 0.130. The molecule has 4 aromatic rings. The van der Waals surface area contributed by atoms with Crippen LogP contribution in [-0.4, -0.2) is 19.3 Å². The molecule has 0 bridgehead atoms. The van der Waals surface area contributed by atoms with Crippen LogP contribution < -0.4 is 9.62 Å². The molecule has 1 aromatic heterocycles. The summed E-state index contributed by atoms with van der Waals surface area (Å²) in [4.78, 5) is 17.1. The fourth-order valence-corrected chi connectivity index (χ4v) is 6.24. The standard InChI is InChI=1S/C23H19N3O3S2/c27-21(24-13-16-6-2-1-3-7-16)12-22-25-18(15-30-22)14-26-19-10-4-8-17-9-5-11-20(23(17)19)31(26,28)29/h1-11,15H,12-14H2,(H,24,27). The molecule has 5 rings (SSSR count). The number of carbonyl (C=O) groups excluding carboxylic acids is 1. The van der Waals surface area contributed by atoms with Gasteiger partial charge in [-0.2, -0.15) is 0 Å². The minimum absolute atomic E-state index is 0.115. The van der Waals surface area contributed by atoms with E-state index in [1.807, 2.05) is 60.0 Å². The number of sulfonamides is 1. The van der Waals surface area contributed by atoms with Gasteiger partial charge < -0.3 is 5.32 Å². The molecule has 1 N–H and O–H groups in total. The first-order chi connectivity index (χ1) is 15.0. The molecule has 1 aliphatic rings. The van der Waals surface area contributed by atoms with Crippen molar-refractivity contribution in [3.05, 3.63) is 88.4 Å². The van der Waals surface area contributed by atoms with Crippen LogP contribution in [0.25, 0.3) is 10.8 Å². The third-order valence-corrected chi connectivity index (χ3v) is 7.93. The van der Waals surface area contributed by atoms with Crippen molar-refractivity contribution < 1.29 is 13.2 Å². The van der Waals surface area contributed by atoms with Gasteiger partial charge in [-0.15, -0.1) is 11.3 Å². The number of hydrogen-bond acceptors (Lipinski definition) is 5. The summed E-state index contributed by atoms with van der Waals surface area (Å²) in [5, 5.41) is 7.02. The minimum Gasteiger partial charge on any atom is -0.352 e. The number of amides is 1. The Bertz CT molecular complexity index is 1380. The molecule has 3 aromatic carbocycles. The van der Waals surface area contributed by atoms with Gasteiger partial charge in [-0.1, -0.05) is 54.6 Å². The Balaban J connectivity index is 1.30. The van der Waals surface area contributed by atoms with Crippen LogP contribution in [0, 0.1) is 0 Å². The smallest absolute Gasteiger partial charge is 0.265 e. The van der Waals surface area contributed by atoms with Crippen LogP contribution in [0.15, 0.2) is 77.0 Å². The highest BCUT2D eigenvalue weighted by atomic mass is 32.2. The van der Waals surface area contributed by atoms with Gasteiger partial charge in [0.05, 0.1) is 29.2 Å². The first-order valence-corrected chi connectivity index (χ1v) is 12.1. The van der Waals surface area contributed by atoms with Crippen LogP contribution >= 0.6 is 11.3 Å². The Morgan fingerprint density at radius 2 is 1.77 bits per heavy atom. The molecule has 0 radical (unpaired) electrons. The van der Waals surface area contributed by atoms with Crippen molar-refractivity contribution in [3.63, 3.8) is 0 Å². The van der Waals surface area contributed by atoms with Gasteiger partial charge in [-0.05, 0) is 23.1 Å². The quantitative estimate of drug-likeness (QED) is 0.485. The Morgan fingerprint density at radius 1 is 1.00 bits per heavy atom. The summed E-state index contributed by atoms with van der Waals surface area (Å²) in [7, 11) is -3.63. The summed E-state index contributed by atoms with van der Waals surface area (Å²) in [5.74, 6) is -0.115. The molecule has 0 saturated heterocycles. The largest absolute Gasteiger partial charge is 0.352 e. The topological polar surface area (TPSA) is 79.4 Å². The van der Waals surface area contributed by atoms with Crippen molar-refractivity contribution in [1.29, 1.82) is 0 Å². The molecule has 1 aliphatic heterocycles. The fourth-order valence-electron chi connectivity index (χ4n) is 3.77. The number of benzene rings is 3. The van der Waals surface area contributed by atoms with Gasteiger partial charge in [-0.3, -0.25) is 9.10 Å². The average molecular weight is 450 g/mol. The van der Waals surface area contributed by atoms with E-state index in [-0.39, 0.29) is 18.9 Å². The Kier molecular flexibility index (Phi) is 4.95. The van der Waals surface area contributed by atoms with Crippen molar-refractivity contribution in [2.45, 2.75) is 24.4 Å². The monoisotopic (exact) mass is 449 g/mol. The first kappa shape index (κ1) is 19.7. The van der Waals surface area contributed by atoms with E-state index in [0.717, 1.165) is 16.3 Å².